The Morgan fingerprint density at radius 1 is 1.38 bits per heavy atom. The molecule has 0 bridgehead atoms. The number of nitrogens with zero attached hydrogens (tertiary/aromatic N) is 1. The molecule has 1 heterocycles. The lowest BCUT2D eigenvalue weighted by molar-refractivity contribution is -0.137. The maximum Gasteiger partial charge on any atom is 0.443 e. The monoisotopic (exact) mass is 320 g/mol. The highest BCUT2D eigenvalue weighted by molar-refractivity contribution is 7.11. The van der Waals surface area contributed by atoms with Gasteiger partial charge in [0.25, 0.3) is 0 Å². The molecule has 120 valence electrons. The summed E-state index contributed by atoms with van der Waals surface area (Å²) in [5.41, 5.74) is 0. The van der Waals surface area contributed by atoms with Crippen molar-refractivity contribution in [2.24, 2.45) is 11.8 Å². The zero-order valence-corrected chi connectivity index (χ0v) is 13.4. The third kappa shape index (κ3) is 4.19. The van der Waals surface area contributed by atoms with E-state index in [2.05, 4.69) is 17.2 Å². The number of hydrogen-bond acceptors (Lipinski definition) is 3. The maximum atomic E-state index is 12.7. The van der Waals surface area contributed by atoms with E-state index in [1.807, 2.05) is 7.05 Å². The molecule has 1 aromatic rings. The van der Waals surface area contributed by atoms with Crippen molar-refractivity contribution < 1.29 is 13.2 Å². The third-order valence-electron chi connectivity index (χ3n) is 4.40. The molecule has 1 aliphatic rings. The summed E-state index contributed by atoms with van der Waals surface area (Å²) < 4.78 is 38.2. The molecule has 0 aliphatic heterocycles. The Morgan fingerprint density at radius 3 is 2.71 bits per heavy atom. The number of halogens is 3. The molecular weight excluding hydrogens is 297 g/mol. The fraction of sp³-hybridized carbons (Fsp3) is 0.800. The molecule has 0 spiro atoms. The number of thiazole rings is 1. The van der Waals surface area contributed by atoms with Crippen LogP contribution in [0.2, 0.25) is 0 Å². The van der Waals surface area contributed by atoms with Gasteiger partial charge in [0.05, 0.1) is 0 Å². The molecule has 3 atom stereocenters. The fourth-order valence-corrected chi connectivity index (χ4v) is 4.42. The standard InChI is InChI=1S/C15H23F3N2S/c1-3-4-10-5-6-11(8-19-2)12(7-10)13-9-20-14(21-13)15(16,17)18/h9-12,19H,3-8H2,1-2H3. The van der Waals surface area contributed by atoms with Crippen molar-refractivity contribution in [3.8, 4) is 0 Å². The van der Waals surface area contributed by atoms with E-state index in [-0.39, 0.29) is 5.92 Å². The lowest BCUT2D eigenvalue weighted by atomic mass is 9.72. The molecule has 0 saturated heterocycles. The van der Waals surface area contributed by atoms with Crippen molar-refractivity contribution >= 4 is 11.3 Å². The van der Waals surface area contributed by atoms with Gasteiger partial charge < -0.3 is 5.32 Å². The molecule has 1 aliphatic carbocycles. The summed E-state index contributed by atoms with van der Waals surface area (Å²) in [5.74, 6) is 1.28. The average molecular weight is 320 g/mol. The molecule has 1 saturated carbocycles. The van der Waals surface area contributed by atoms with Gasteiger partial charge in [0.1, 0.15) is 0 Å². The van der Waals surface area contributed by atoms with Crippen LogP contribution in [-0.2, 0) is 6.18 Å². The maximum absolute atomic E-state index is 12.7. The van der Waals surface area contributed by atoms with E-state index in [1.165, 1.54) is 19.0 Å². The molecule has 6 heteroatoms. The van der Waals surface area contributed by atoms with Crippen LogP contribution in [-0.4, -0.2) is 18.6 Å². The Hall–Kier alpha value is -0.620. The van der Waals surface area contributed by atoms with Gasteiger partial charge in [-0.3, -0.25) is 0 Å². The van der Waals surface area contributed by atoms with Gasteiger partial charge in [-0.05, 0) is 44.2 Å². The molecule has 2 rings (SSSR count). The number of nitrogens with one attached hydrogen (secondary N) is 1. The second-order valence-corrected chi connectivity index (χ2v) is 7.02. The highest BCUT2D eigenvalue weighted by Gasteiger charge is 2.37. The largest absolute Gasteiger partial charge is 0.443 e. The van der Waals surface area contributed by atoms with E-state index in [0.717, 1.165) is 42.0 Å². The van der Waals surface area contributed by atoms with Crippen LogP contribution in [0.5, 0.6) is 0 Å². The third-order valence-corrected chi connectivity index (χ3v) is 5.57. The summed E-state index contributed by atoms with van der Waals surface area (Å²) in [5, 5.41) is 2.47. The molecule has 2 nitrogen and oxygen atoms in total. The first kappa shape index (κ1) is 16.7. The van der Waals surface area contributed by atoms with Crippen molar-refractivity contribution in [2.75, 3.05) is 13.6 Å². The van der Waals surface area contributed by atoms with E-state index in [1.54, 1.807) is 0 Å². The number of hydrogen-bond donors (Lipinski definition) is 1. The van der Waals surface area contributed by atoms with Crippen molar-refractivity contribution in [1.82, 2.24) is 10.3 Å². The molecule has 1 N–H and O–H groups in total. The molecule has 21 heavy (non-hydrogen) atoms. The number of aromatic nitrogens is 1. The number of rotatable bonds is 5. The Bertz CT molecular complexity index is 444. The van der Waals surface area contributed by atoms with Crippen molar-refractivity contribution in [2.45, 2.75) is 51.1 Å². The summed E-state index contributed by atoms with van der Waals surface area (Å²) >= 11 is 0.832. The van der Waals surface area contributed by atoms with Crippen LogP contribution in [0.1, 0.15) is 54.8 Å². The van der Waals surface area contributed by atoms with E-state index < -0.39 is 11.2 Å². The summed E-state index contributed by atoms with van der Waals surface area (Å²) in [6, 6.07) is 0. The Kier molecular flexibility index (Phi) is 5.66. The van der Waals surface area contributed by atoms with E-state index >= 15 is 0 Å². The second-order valence-electron chi connectivity index (χ2n) is 5.96. The molecule has 3 unspecified atom stereocenters. The van der Waals surface area contributed by atoms with Gasteiger partial charge in [-0.2, -0.15) is 13.2 Å². The van der Waals surface area contributed by atoms with Crippen LogP contribution in [0.4, 0.5) is 13.2 Å². The highest BCUT2D eigenvalue weighted by Crippen LogP contribution is 2.45. The highest BCUT2D eigenvalue weighted by atomic mass is 32.1. The lowest BCUT2D eigenvalue weighted by Crippen LogP contribution is -2.30. The normalized spacial score (nSPS) is 27.0. The predicted molar refractivity (Wildman–Crippen MR) is 79.5 cm³/mol. The van der Waals surface area contributed by atoms with Crippen LogP contribution in [0.25, 0.3) is 0 Å². The quantitative estimate of drug-likeness (QED) is 0.852. The summed E-state index contributed by atoms with van der Waals surface area (Å²) in [4.78, 5) is 4.41. The van der Waals surface area contributed by atoms with Crippen LogP contribution < -0.4 is 5.32 Å². The molecule has 1 aromatic heterocycles. The smallest absolute Gasteiger partial charge is 0.319 e. The van der Waals surface area contributed by atoms with Crippen LogP contribution in [0.15, 0.2) is 6.20 Å². The first-order valence-electron chi connectivity index (χ1n) is 7.63. The van der Waals surface area contributed by atoms with Crippen LogP contribution in [0, 0.1) is 11.8 Å². The zero-order chi connectivity index (χ0) is 15.5. The Labute approximate surface area is 128 Å². The molecule has 0 radical (unpaired) electrons. The van der Waals surface area contributed by atoms with Gasteiger partial charge in [-0.25, -0.2) is 4.98 Å². The minimum atomic E-state index is -4.32. The summed E-state index contributed by atoms with van der Waals surface area (Å²) in [7, 11) is 1.91. The van der Waals surface area contributed by atoms with Gasteiger partial charge in [0.2, 0.25) is 0 Å². The molecular formula is C15H23F3N2S. The van der Waals surface area contributed by atoms with Gasteiger partial charge in [0, 0.05) is 11.1 Å². The summed E-state index contributed by atoms with van der Waals surface area (Å²) in [6.45, 7) is 3.03. The predicted octanol–water partition coefficient (Wildman–Crippen LogP) is 4.68. The topological polar surface area (TPSA) is 24.9 Å². The van der Waals surface area contributed by atoms with E-state index in [4.69, 9.17) is 0 Å². The van der Waals surface area contributed by atoms with Gasteiger partial charge in [-0.15, -0.1) is 11.3 Å². The molecule has 0 amide bonds. The summed E-state index contributed by atoms with van der Waals surface area (Å²) in [6.07, 6.45) is 2.74. The Balaban J connectivity index is 2.16. The van der Waals surface area contributed by atoms with E-state index in [0.29, 0.717) is 11.8 Å². The first-order chi connectivity index (χ1) is 9.95. The average Bonchev–Trinajstić information content (AvgIpc) is 2.90. The second kappa shape index (κ2) is 7.09. The first-order valence-corrected chi connectivity index (χ1v) is 8.44. The van der Waals surface area contributed by atoms with Crippen molar-refractivity contribution in [3.05, 3.63) is 16.1 Å². The lowest BCUT2D eigenvalue weighted by Gasteiger charge is -2.35. The van der Waals surface area contributed by atoms with Crippen LogP contribution >= 0.6 is 11.3 Å². The van der Waals surface area contributed by atoms with Gasteiger partial charge in [0.15, 0.2) is 5.01 Å². The number of alkyl halides is 3. The molecule has 0 aromatic carbocycles. The Morgan fingerprint density at radius 2 is 2.14 bits per heavy atom. The SMILES string of the molecule is CCCC1CCC(CNC)C(c2cnc(C(F)(F)F)s2)C1. The molecule has 1 fully saturated rings. The van der Waals surface area contributed by atoms with E-state index in [9.17, 15) is 13.2 Å². The zero-order valence-electron chi connectivity index (χ0n) is 12.5. The van der Waals surface area contributed by atoms with Crippen LogP contribution in [0.3, 0.4) is 0 Å². The fourth-order valence-electron chi connectivity index (χ4n) is 3.43. The minimum absolute atomic E-state index is 0.219. The van der Waals surface area contributed by atoms with Gasteiger partial charge in [-0.1, -0.05) is 26.2 Å². The van der Waals surface area contributed by atoms with Gasteiger partial charge >= 0.3 is 6.18 Å². The van der Waals surface area contributed by atoms with Crippen molar-refractivity contribution in [3.63, 3.8) is 0 Å². The minimum Gasteiger partial charge on any atom is -0.319 e. The van der Waals surface area contributed by atoms with Crippen molar-refractivity contribution in [1.29, 1.82) is 0 Å².